The van der Waals surface area contributed by atoms with Gasteiger partial charge in [-0.15, -0.1) is 24.0 Å². The van der Waals surface area contributed by atoms with Crippen molar-refractivity contribution in [2.75, 3.05) is 20.2 Å². The fraction of sp³-hybridized carbons (Fsp3) is 0.941. The molecule has 3 atom stereocenters. The van der Waals surface area contributed by atoms with Crippen molar-refractivity contribution in [1.82, 2.24) is 10.6 Å². The normalized spacial score (nSPS) is 34.7. The van der Waals surface area contributed by atoms with Crippen LogP contribution < -0.4 is 10.6 Å². The molecule has 0 radical (unpaired) electrons. The minimum Gasteiger partial charge on any atom is -0.377 e. The Morgan fingerprint density at radius 3 is 2.59 bits per heavy atom. The Morgan fingerprint density at radius 2 is 2.05 bits per heavy atom. The summed E-state index contributed by atoms with van der Waals surface area (Å²) in [7, 11) is 1.88. The molecule has 1 saturated heterocycles. The summed E-state index contributed by atoms with van der Waals surface area (Å²) in [6.07, 6.45) is 6.99. The Hall–Kier alpha value is -0.0400. The number of nitrogens with zero attached hydrogens (tertiary/aromatic N) is 1. The van der Waals surface area contributed by atoms with Gasteiger partial charge in [0.1, 0.15) is 0 Å². The van der Waals surface area contributed by atoms with E-state index in [-0.39, 0.29) is 29.4 Å². The maximum absolute atomic E-state index is 5.87. The number of fused-ring (bicyclic) bond motifs is 1. The molecule has 0 aromatic carbocycles. The highest BCUT2D eigenvalue weighted by Crippen LogP contribution is 2.52. The van der Waals surface area contributed by atoms with Gasteiger partial charge in [0.05, 0.1) is 6.10 Å². The van der Waals surface area contributed by atoms with Gasteiger partial charge in [0, 0.05) is 37.6 Å². The van der Waals surface area contributed by atoms with E-state index in [1.165, 1.54) is 32.1 Å². The minimum absolute atomic E-state index is 0. The first kappa shape index (κ1) is 18.3. The second-order valence-electron chi connectivity index (χ2n) is 7.82. The van der Waals surface area contributed by atoms with Gasteiger partial charge in [-0.05, 0) is 31.1 Å². The van der Waals surface area contributed by atoms with Gasteiger partial charge < -0.3 is 15.4 Å². The van der Waals surface area contributed by atoms with Crippen LogP contribution in [-0.2, 0) is 4.74 Å². The summed E-state index contributed by atoms with van der Waals surface area (Å²) in [4.78, 5) is 4.44. The van der Waals surface area contributed by atoms with Crippen LogP contribution in [0, 0.1) is 16.7 Å². The fourth-order valence-corrected chi connectivity index (χ4v) is 4.56. The third-order valence-corrected chi connectivity index (χ3v) is 6.41. The molecule has 2 N–H and O–H groups in total. The molecule has 22 heavy (non-hydrogen) atoms. The van der Waals surface area contributed by atoms with Crippen LogP contribution >= 0.6 is 24.0 Å². The van der Waals surface area contributed by atoms with Gasteiger partial charge >= 0.3 is 0 Å². The molecule has 128 valence electrons. The maximum atomic E-state index is 5.87. The number of nitrogens with one attached hydrogen (secondary N) is 2. The number of ether oxygens (including phenoxy) is 1. The van der Waals surface area contributed by atoms with Crippen LogP contribution in [-0.4, -0.2) is 38.3 Å². The van der Waals surface area contributed by atoms with Crippen molar-refractivity contribution in [2.45, 2.75) is 65.0 Å². The van der Waals surface area contributed by atoms with Crippen LogP contribution in [0.4, 0.5) is 0 Å². The highest BCUT2D eigenvalue weighted by Gasteiger charge is 2.59. The van der Waals surface area contributed by atoms with Crippen molar-refractivity contribution in [3.63, 3.8) is 0 Å². The molecule has 0 spiro atoms. The molecule has 0 bridgehead atoms. The summed E-state index contributed by atoms with van der Waals surface area (Å²) in [6, 6.07) is 0.482. The zero-order valence-corrected chi connectivity index (χ0v) is 16.8. The molecule has 0 aromatic heterocycles. The number of hydrogen-bond acceptors (Lipinski definition) is 2. The van der Waals surface area contributed by atoms with Crippen LogP contribution in [0.1, 0.15) is 52.9 Å². The number of halogens is 1. The Balaban J connectivity index is 0.00000176. The molecule has 4 nitrogen and oxygen atoms in total. The van der Waals surface area contributed by atoms with Crippen molar-refractivity contribution in [3.05, 3.63) is 0 Å². The van der Waals surface area contributed by atoms with E-state index in [0.717, 1.165) is 19.1 Å². The second-order valence-corrected chi connectivity index (χ2v) is 7.82. The lowest BCUT2D eigenvalue weighted by molar-refractivity contribution is -0.106. The van der Waals surface area contributed by atoms with Crippen LogP contribution in [0.3, 0.4) is 0 Å². The summed E-state index contributed by atoms with van der Waals surface area (Å²) in [6.45, 7) is 8.91. The van der Waals surface area contributed by atoms with Crippen LogP contribution in [0.2, 0.25) is 0 Å². The van der Waals surface area contributed by atoms with Crippen molar-refractivity contribution in [2.24, 2.45) is 21.7 Å². The molecule has 3 rings (SSSR count). The molecular weight excluding hydrogens is 389 g/mol. The van der Waals surface area contributed by atoms with Crippen LogP contribution in [0.15, 0.2) is 4.99 Å². The zero-order chi connectivity index (χ0) is 15.1. The van der Waals surface area contributed by atoms with E-state index in [2.05, 4.69) is 36.4 Å². The largest absolute Gasteiger partial charge is 0.377 e. The lowest BCUT2D eigenvalue weighted by Crippen LogP contribution is -2.68. The molecule has 1 aliphatic heterocycles. The minimum atomic E-state index is 0. The molecule has 3 fully saturated rings. The van der Waals surface area contributed by atoms with Crippen molar-refractivity contribution in [3.8, 4) is 0 Å². The lowest BCUT2D eigenvalue weighted by atomic mass is 9.57. The van der Waals surface area contributed by atoms with Crippen molar-refractivity contribution in [1.29, 1.82) is 0 Å². The molecule has 3 aliphatic rings. The van der Waals surface area contributed by atoms with Gasteiger partial charge in [-0.3, -0.25) is 4.99 Å². The summed E-state index contributed by atoms with van der Waals surface area (Å²) in [5.74, 6) is 1.63. The quantitative estimate of drug-likeness (QED) is 0.417. The number of rotatable bonds is 4. The summed E-state index contributed by atoms with van der Waals surface area (Å²) in [5.41, 5.74) is 0.726. The Morgan fingerprint density at radius 1 is 1.32 bits per heavy atom. The standard InChI is InChI=1S/C17H31N3O.HI/c1-5-17(8-6-9-17)11-19-15(18-4)20-13-12-7-10-21-14(12)16(13,2)3;/h12-14H,5-11H2,1-4H3,(H2,18,19,20);1H. The molecule has 5 heteroatoms. The highest BCUT2D eigenvalue weighted by molar-refractivity contribution is 14.0. The lowest BCUT2D eigenvalue weighted by Gasteiger charge is -2.55. The van der Waals surface area contributed by atoms with E-state index < -0.39 is 0 Å². The van der Waals surface area contributed by atoms with E-state index in [1.54, 1.807) is 0 Å². The topological polar surface area (TPSA) is 45.7 Å². The Bertz CT molecular complexity index is 415. The summed E-state index contributed by atoms with van der Waals surface area (Å²) in [5, 5.41) is 7.25. The predicted octanol–water partition coefficient (Wildman–Crippen LogP) is 3.16. The van der Waals surface area contributed by atoms with Gasteiger partial charge in [-0.1, -0.05) is 27.2 Å². The van der Waals surface area contributed by atoms with Gasteiger partial charge in [0.25, 0.3) is 0 Å². The molecule has 1 heterocycles. The number of guanidine groups is 1. The first-order valence-corrected chi connectivity index (χ1v) is 8.61. The van der Waals surface area contributed by atoms with Gasteiger partial charge in [0.15, 0.2) is 5.96 Å². The third-order valence-electron chi connectivity index (χ3n) is 6.41. The van der Waals surface area contributed by atoms with Gasteiger partial charge in [-0.25, -0.2) is 0 Å². The molecule has 0 aromatic rings. The highest BCUT2D eigenvalue weighted by atomic mass is 127. The molecule has 2 saturated carbocycles. The molecule has 0 amide bonds. The van der Waals surface area contributed by atoms with Crippen LogP contribution in [0.5, 0.6) is 0 Å². The molecule has 2 aliphatic carbocycles. The van der Waals surface area contributed by atoms with Crippen molar-refractivity contribution < 1.29 is 4.74 Å². The third kappa shape index (κ3) is 2.99. The smallest absolute Gasteiger partial charge is 0.191 e. The Labute approximate surface area is 152 Å². The van der Waals surface area contributed by atoms with Gasteiger partial charge in [0.2, 0.25) is 0 Å². The number of hydrogen-bond donors (Lipinski definition) is 2. The average Bonchev–Trinajstić information content (AvgIpc) is 2.88. The predicted molar refractivity (Wildman–Crippen MR) is 102 cm³/mol. The fourth-order valence-electron chi connectivity index (χ4n) is 4.56. The van der Waals surface area contributed by atoms with E-state index >= 15 is 0 Å². The summed E-state index contributed by atoms with van der Waals surface area (Å²) >= 11 is 0. The van der Waals surface area contributed by atoms with E-state index in [1.807, 2.05) is 7.05 Å². The monoisotopic (exact) mass is 421 g/mol. The van der Waals surface area contributed by atoms with E-state index in [0.29, 0.717) is 23.5 Å². The maximum Gasteiger partial charge on any atom is 0.191 e. The Kier molecular flexibility index (Phi) is 5.68. The number of aliphatic imine (C=N–C) groups is 1. The van der Waals surface area contributed by atoms with Crippen molar-refractivity contribution >= 4 is 29.9 Å². The summed E-state index contributed by atoms with van der Waals surface area (Å²) < 4.78 is 5.87. The second kappa shape index (κ2) is 6.83. The SMILES string of the molecule is CCC1(CNC(=NC)NC2C3CCOC3C2(C)C)CCC1.I. The van der Waals surface area contributed by atoms with E-state index in [9.17, 15) is 0 Å². The van der Waals surface area contributed by atoms with E-state index in [4.69, 9.17) is 4.74 Å². The van der Waals surface area contributed by atoms with Gasteiger partial charge in [-0.2, -0.15) is 0 Å². The first-order valence-electron chi connectivity index (χ1n) is 8.61. The zero-order valence-electron chi connectivity index (χ0n) is 14.4. The van der Waals surface area contributed by atoms with Crippen LogP contribution in [0.25, 0.3) is 0 Å². The first-order chi connectivity index (χ1) is 10.0. The molecular formula is C17H32IN3O. The molecule has 3 unspecified atom stereocenters. The average molecular weight is 421 g/mol.